The Hall–Kier alpha value is -2.19. The molecule has 1 aromatic heterocycles. The molecule has 0 aliphatic carbocycles. The molecule has 3 heterocycles. The van der Waals surface area contributed by atoms with Crippen LogP contribution in [0.4, 0.5) is 4.39 Å². The van der Waals surface area contributed by atoms with E-state index >= 15 is 4.39 Å². The number of aromatic nitrogens is 2. The van der Waals surface area contributed by atoms with Gasteiger partial charge in [0.05, 0.1) is 28.6 Å². The van der Waals surface area contributed by atoms with Gasteiger partial charge in [0, 0.05) is 23.6 Å². The van der Waals surface area contributed by atoms with Crippen LogP contribution < -0.4 is 5.32 Å². The molecule has 2 aliphatic rings. The van der Waals surface area contributed by atoms with E-state index < -0.39 is 11.4 Å². The van der Waals surface area contributed by atoms with E-state index in [0.717, 1.165) is 0 Å². The normalized spacial score (nSPS) is 27.6. The lowest BCUT2D eigenvalue weighted by Crippen LogP contribution is -2.63. The van der Waals surface area contributed by atoms with Crippen molar-refractivity contribution in [1.29, 1.82) is 5.41 Å². The summed E-state index contributed by atoms with van der Waals surface area (Å²) in [6.07, 6.45) is 1.46. The first kappa shape index (κ1) is 22.0. The Morgan fingerprint density at radius 3 is 2.74 bits per heavy atom. The van der Waals surface area contributed by atoms with Gasteiger partial charge in [-0.2, -0.15) is 0 Å². The van der Waals surface area contributed by atoms with Crippen LogP contribution in [0.1, 0.15) is 65.3 Å². The van der Waals surface area contributed by atoms with Crippen molar-refractivity contribution in [2.45, 2.75) is 77.0 Å². The molecule has 1 amide bonds. The highest BCUT2D eigenvalue weighted by Crippen LogP contribution is 2.40. The predicted molar refractivity (Wildman–Crippen MR) is 118 cm³/mol. The SMILES string of the molecule is C[C@@H]1C[C@H](N2C(=N)N[C@](C)(c3cc(F)c4nc(C(C)(C)C)[nH]c4c3Cl)CC2=O)CCO1. The van der Waals surface area contributed by atoms with Gasteiger partial charge < -0.3 is 15.0 Å². The molecule has 3 atom stereocenters. The van der Waals surface area contributed by atoms with Crippen LogP contribution >= 0.6 is 11.6 Å². The lowest BCUT2D eigenvalue weighted by molar-refractivity contribution is -0.134. The van der Waals surface area contributed by atoms with Gasteiger partial charge in [-0.1, -0.05) is 32.4 Å². The van der Waals surface area contributed by atoms with Crippen LogP contribution in [0.15, 0.2) is 6.07 Å². The Morgan fingerprint density at radius 1 is 1.42 bits per heavy atom. The van der Waals surface area contributed by atoms with Gasteiger partial charge in [0.1, 0.15) is 11.3 Å². The molecule has 0 unspecified atom stereocenters. The molecule has 0 spiro atoms. The topological polar surface area (TPSA) is 94.1 Å². The number of carbonyl (C=O) groups excluding carboxylic acids is 1. The number of hydrogen-bond acceptors (Lipinski definition) is 4. The van der Waals surface area contributed by atoms with Gasteiger partial charge in [-0.25, -0.2) is 9.37 Å². The quantitative estimate of drug-likeness (QED) is 0.640. The molecule has 31 heavy (non-hydrogen) atoms. The number of ether oxygens (including phenoxy) is 1. The number of nitrogens with one attached hydrogen (secondary N) is 3. The second-order valence-corrected chi connectivity index (χ2v) is 10.3. The maximum absolute atomic E-state index is 15.0. The standard InChI is InChI=1S/C22H29ClFN5O2/c1-11-8-12(6-7-31-11)29-15(30)10-22(5,28-20(29)25)13-9-14(24)17-18(16(13)23)27-19(26-17)21(2,3)4/h9,11-12H,6-8,10H2,1-5H3,(H2,25,28)(H,26,27)/t11-,12-,22+/m1/s1. The molecule has 0 saturated carbocycles. The van der Waals surface area contributed by atoms with Crippen LogP contribution in [0.2, 0.25) is 5.02 Å². The van der Waals surface area contributed by atoms with E-state index in [-0.39, 0.29) is 41.4 Å². The summed E-state index contributed by atoms with van der Waals surface area (Å²) in [7, 11) is 0. The highest BCUT2D eigenvalue weighted by molar-refractivity contribution is 6.36. The first-order valence-electron chi connectivity index (χ1n) is 10.6. The maximum Gasteiger partial charge on any atom is 0.232 e. The van der Waals surface area contributed by atoms with E-state index in [2.05, 4.69) is 15.3 Å². The molecule has 0 bridgehead atoms. The largest absolute Gasteiger partial charge is 0.378 e. The Labute approximate surface area is 186 Å². The number of nitrogens with zero attached hydrogens (tertiary/aromatic N) is 2. The van der Waals surface area contributed by atoms with E-state index in [1.807, 2.05) is 27.7 Å². The zero-order chi connectivity index (χ0) is 22.7. The Kier molecular flexibility index (Phi) is 5.29. The highest BCUT2D eigenvalue weighted by atomic mass is 35.5. The summed E-state index contributed by atoms with van der Waals surface area (Å²) in [5.41, 5.74) is -0.301. The number of halogens is 2. The molecule has 2 aliphatic heterocycles. The first-order valence-corrected chi connectivity index (χ1v) is 11.0. The fraction of sp³-hybridized carbons (Fsp3) is 0.591. The van der Waals surface area contributed by atoms with Crippen LogP contribution in [0.3, 0.4) is 0 Å². The number of hydrogen-bond donors (Lipinski definition) is 3. The predicted octanol–water partition coefficient (Wildman–Crippen LogP) is 4.19. The molecule has 0 radical (unpaired) electrons. The molecule has 7 nitrogen and oxygen atoms in total. The van der Waals surface area contributed by atoms with E-state index in [1.54, 1.807) is 6.92 Å². The van der Waals surface area contributed by atoms with Gasteiger partial charge in [0.2, 0.25) is 5.91 Å². The van der Waals surface area contributed by atoms with Crippen LogP contribution in [-0.2, 0) is 20.5 Å². The first-order chi connectivity index (χ1) is 14.4. The number of fused-ring (bicyclic) bond motifs is 1. The van der Waals surface area contributed by atoms with Gasteiger partial charge in [-0.3, -0.25) is 15.1 Å². The summed E-state index contributed by atoms with van der Waals surface area (Å²) >= 11 is 6.71. The second-order valence-electron chi connectivity index (χ2n) is 9.88. The average molecular weight is 450 g/mol. The molecular weight excluding hydrogens is 421 g/mol. The van der Waals surface area contributed by atoms with E-state index in [4.69, 9.17) is 21.7 Å². The van der Waals surface area contributed by atoms with Crippen LogP contribution in [0.25, 0.3) is 11.0 Å². The van der Waals surface area contributed by atoms with Crippen LogP contribution in [-0.4, -0.2) is 45.5 Å². The molecule has 9 heteroatoms. The number of imidazole rings is 1. The van der Waals surface area contributed by atoms with Crippen molar-refractivity contribution >= 4 is 34.5 Å². The molecular formula is C22H29ClFN5O2. The Morgan fingerprint density at radius 2 is 2.13 bits per heavy atom. The third-order valence-corrected chi connectivity index (χ3v) is 6.59. The second kappa shape index (κ2) is 7.45. The smallest absolute Gasteiger partial charge is 0.232 e. The van der Waals surface area contributed by atoms with Crippen molar-refractivity contribution in [2.75, 3.05) is 6.61 Å². The summed E-state index contributed by atoms with van der Waals surface area (Å²) < 4.78 is 20.6. The van der Waals surface area contributed by atoms with Gasteiger partial charge >= 0.3 is 0 Å². The number of benzene rings is 1. The minimum Gasteiger partial charge on any atom is -0.378 e. The molecule has 2 fully saturated rings. The van der Waals surface area contributed by atoms with Gasteiger partial charge in [0.15, 0.2) is 11.8 Å². The van der Waals surface area contributed by atoms with E-state index in [9.17, 15) is 4.79 Å². The number of H-pyrrole nitrogens is 1. The van der Waals surface area contributed by atoms with Gasteiger partial charge in [-0.15, -0.1) is 0 Å². The lowest BCUT2D eigenvalue weighted by atomic mass is 9.85. The number of aromatic amines is 1. The van der Waals surface area contributed by atoms with Gasteiger partial charge in [0.25, 0.3) is 0 Å². The maximum atomic E-state index is 15.0. The summed E-state index contributed by atoms with van der Waals surface area (Å²) in [5, 5.41) is 12.0. The molecule has 168 valence electrons. The van der Waals surface area contributed by atoms with Crippen molar-refractivity contribution in [3.8, 4) is 0 Å². The van der Waals surface area contributed by atoms with Gasteiger partial charge in [-0.05, 0) is 32.8 Å². The minimum absolute atomic E-state index is 0.00872. The number of amides is 1. The number of guanidine groups is 1. The summed E-state index contributed by atoms with van der Waals surface area (Å²) in [6, 6.07) is 1.25. The number of rotatable bonds is 2. The number of carbonyl (C=O) groups is 1. The third kappa shape index (κ3) is 3.80. The minimum atomic E-state index is -1.01. The molecule has 2 aromatic rings. The lowest BCUT2D eigenvalue weighted by Gasteiger charge is -2.45. The molecule has 4 rings (SSSR count). The van der Waals surface area contributed by atoms with Crippen molar-refractivity contribution < 1.29 is 13.9 Å². The van der Waals surface area contributed by atoms with Crippen LogP contribution in [0, 0.1) is 11.2 Å². The molecule has 1 aromatic carbocycles. The molecule has 2 saturated heterocycles. The van der Waals surface area contributed by atoms with Crippen molar-refractivity contribution in [1.82, 2.24) is 20.2 Å². The Balaban J connectivity index is 1.70. The van der Waals surface area contributed by atoms with Crippen LogP contribution in [0.5, 0.6) is 0 Å². The van der Waals surface area contributed by atoms with E-state index in [0.29, 0.717) is 41.4 Å². The average Bonchev–Trinajstić information content (AvgIpc) is 3.11. The third-order valence-electron chi connectivity index (χ3n) is 6.19. The zero-order valence-corrected chi connectivity index (χ0v) is 19.3. The summed E-state index contributed by atoms with van der Waals surface area (Å²) in [4.78, 5) is 22.2. The monoisotopic (exact) mass is 449 g/mol. The zero-order valence-electron chi connectivity index (χ0n) is 18.5. The molecule has 3 N–H and O–H groups in total. The van der Waals surface area contributed by atoms with Crippen molar-refractivity contribution in [3.05, 3.63) is 28.3 Å². The van der Waals surface area contributed by atoms with Crippen molar-refractivity contribution in [3.63, 3.8) is 0 Å². The van der Waals surface area contributed by atoms with Crippen molar-refractivity contribution in [2.24, 2.45) is 0 Å². The fourth-order valence-corrected chi connectivity index (χ4v) is 4.89. The highest BCUT2D eigenvalue weighted by Gasteiger charge is 2.44. The van der Waals surface area contributed by atoms with E-state index in [1.165, 1.54) is 11.0 Å². The summed E-state index contributed by atoms with van der Waals surface area (Å²) in [6.45, 7) is 10.2. The summed E-state index contributed by atoms with van der Waals surface area (Å²) in [5.74, 6) is -0.0500. The Bertz CT molecular complexity index is 1040. The fourth-order valence-electron chi connectivity index (χ4n) is 4.49.